The summed E-state index contributed by atoms with van der Waals surface area (Å²) in [7, 11) is 0. The van der Waals surface area contributed by atoms with E-state index in [2.05, 4.69) is 4.98 Å². The summed E-state index contributed by atoms with van der Waals surface area (Å²) in [6.07, 6.45) is 5.42. The summed E-state index contributed by atoms with van der Waals surface area (Å²) >= 11 is 0. The van der Waals surface area contributed by atoms with Crippen molar-refractivity contribution in [2.45, 2.75) is 18.9 Å². The number of nitro benzene ring substituents is 1. The second kappa shape index (κ2) is 5.82. The molecule has 6 nitrogen and oxygen atoms in total. The highest BCUT2D eigenvalue weighted by Crippen LogP contribution is 2.40. The number of aromatic nitrogens is 1. The summed E-state index contributed by atoms with van der Waals surface area (Å²) in [5, 5.41) is 20.3. The van der Waals surface area contributed by atoms with Crippen LogP contribution in [0, 0.1) is 21.4 Å². The molecule has 0 saturated carbocycles. The molecule has 0 bridgehead atoms. The van der Waals surface area contributed by atoms with Crippen LogP contribution in [0.15, 0.2) is 42.7 Å². The van der Waals surface area contributed by atoms with Crippen LogP contribution in [0.5, 0.6) is 0 Å². The average Bonchev–Trinajstić information content (AvgIpc) is 3.04. The van der Waals surface area contributed by atoms with Crippen LogP contribution in [-0.4, -0.2) is 16.5 Å². The van der Waals surface area contributed by atoms with Crippen molar-refractivity contribution in [3.63, 3.8) is 0 Å². The van der Waals surface area contributed by atoms with Crippen LogP contribution >= 0.6 is 0 Å². The summed E-state index contributed by atoms with van der Waals surface area (Å²) in [6, 6.07) is 10.5. The normalized spacial score (nSPS) is 17.2. The number of nitriles is 1. The van der Waals surface area contributed by atoms with Crippen molar-refractivity contribution < 1.29 is 4.92 Å². The molecule has 1 atom stereocenters. The zero-order valence-corrected chi connectivity index (χ0v) is 11.8. The Morgan fingerprint density at radius 1 is 1.41 bits per heavy atom. The van der Waals surface area contributed by atoms with Crippen molar-refractivity contribution >= 4 is 11.4 Å². The monoisotopic (exact) mass is 294 g/mol. The minimum atomic E-state index is -0.422. The van der Waals surface area contributed by atoms with Crippen LogP contribution in [0.4, 0.5) is 11.4 Å². The molecule has 22 heavy (non-hydrogen) atoms. The molecular formula is C16H14N4O2. The van der Waals surface area contributed by atoms with Crippen molar-refractivity contribution in [1.29, 1.82) is 5.26 Å². The van der Waals surface area contributed by atoms with E-state index in [9.17, 15) is 10.1 Å². The van der Waals surface area contributed by atoms with Gasteiger partial charge >= 0.3 is 0 Å². The Balaban J connectivity index is 2.03. The van der Waals surface area contributed by atoms with Crippen LogP contribution < -0.4 is 4.90 Å². The van der Waals surface area contributed by atoms with E-state index in [1.54, 1.807) is 24.5 Å². The average molecular weight is 294 g/mol. The van der Waals surface area contributed by atoms with E-state index >= 15 is 0 Å². The zero-order valence-electron chi connectivity index (χ0n) is 11.8. The number of pyridine rings is 1. The predicted molar refractivity (Wildman–Crippen MR) is 81.4 cm³/mol. The lowest BCUT2D eigenvalue weighted by Crippen LogP contribution is -2.23. The van der Waals surface area contributed by atoms with Crippen molar-refractivity contribution in [1.82, 2.24) is 4.98 Å². The number of anilines is 1. The molecule has 1 aliphatic heterocycles. The molecule has 2 heterocycles. The fraction of sp³-hybridized carbons (Fsp3) is 0.250. The smallest absolute Gasteiger partial charge is 0.293 e. The van der Waals surface area contributed by atoms with E-state index in [0.29, 0.717) is 11.3 Å². The Hall–Kier alpha value is -2.94. The lowest BCUT2D eigenvalue weighted by Gasteiger charge is -2.26. The number of benzene rings is 1. The summed E-state index contributed by atoms with van der Waals surface area (Å²) in [5.74, 6) is 0. The van der Waals surface area contributed by atoms with Crippen molar-refractivity contribution in [2.24, 2.45) is 0 Å². The first-order valence-corrected chi connectivity index (χ1v) is 7.06. The largest absolute Gasteiger partial charge is 0.359 e. The fourth-order valence-electron chi connectivity index (χ4n) is 2.96. The second-order valence-electron chi connectivity index (χ2n) is 5.21. The second-order valence-corrected chi connectivity index (χ2v) is 5.21. The van der Waals surface area contributed by atoms with Crippen molar-refractivity contribution in [2.75, 3.05) is 11.4 Å². The third kappa shape index (κ3) is 2.49. The van der Waals surface area contributed by atoms with E-state index < -0.39 is 4.92 Å². The van der Waals surface area contributed by atoms with Gasteiger partial charge in [-0.05, 0) is 36.6 Å². The minimum absolute atomic E-state index is 0.0187. The molecule has 0 radical (unpaired) electrons. The van der Waals surface area contributed by atoms with Crippen molar-refractivity contribution in [3.8, 4) is 6.07 Å². The lowest BCUT2D eigenvalue weighted by molar-refractivity contribution is -0.384. The first kappa shape index (κ1) is 14.0. The van der Waals surface area contributed by atoms with Gasteiger partial charge in [0.15, 0.2) is 0 Å². The molecule has 110 valence electrons. The highest BCUT2D eigenvalue weighted by Gasteiger charge is 2.31. The first-order chi connectivity index (χ1) is 10.7. The van der Waals surface area contributed by atoms with Gasteiger partial charge < -0.3 is 4.90 Å². The van der Waals surface area contributed by atoms with Gasteiger partial charge in [-0.15, -0.1) is 0 Å². The van der Waals surface area contributed by atoms with E-state index in [-0.39, 0.29) is 11.7 Å². The van der Waals surface area contributed by atoms with Crippen LogP contribution in [0.3, 0.4) is 0 Å². The SMILES string of the molecule is N#Cc1ccc(N2CCCC2c2cccnc2)c([N+](=O)[O-])c1. The molecule has 0 aliphatic carbocycles. The molecule has 0 N–H and O–H groups in total. The molecule has 2 aromatic rings. The van der Waals surface area contributed by atoms with Gasteiger partial charge in [-0.3, -0.25) is 15.1 Å². The lowest BCUT2D eigenvalue weighted by atomic mass is 10.1. The highest BCUT2D eigenvalue weighted by molar-refractivity contribution is 5.67. The standard InChI is InChI=1S/C16H14N4O2/c17-10-12-5-6-15(16(9-12)20(21)22)19-8-2-4-14(19)13-3-1-7-18-11-13/h1,3,5-7,9,11,14H,2,4,8H2. The molecule has 1 aliphatic rings. The summed E-state index contributed by atoms with van der Waals surface area (Å²) in [4.78, 5) is 17.1. The van der Waals surface area contributed by atoms with Gasteiger partial charge in [-0.1, -0.05) is 6.07 Å². The highest BCUT2D eigenvalue weighted by atomic mass is 16.6. The van der Waals surface area contributed by atoms with Gasteiger partial charge in [0.2, 0.25) is 0 Å². The maximum atomic E-state index is 11.3. The number of hydrogen-bond donors (Lipinski definition) is 0. The first-order valence-electron chi connectivity index (χ1n) is 7.06. The molecule has 1 aromatic heterocycles. The molecule has 6 heteroatoms. The topological polar surface area (TPSA) is 83.1 Å². The number of rotatable bonds is 3. The van der Waals surface area contributed by atoms with E-state index in [1.165, 1.54) is 6.07 Å². The number of nitro groups is 1. The molecule has 1 fully saturated rings. The molecule has 1 aromatic carbocycles. The van der Waals surface area contributed by atoms with Crippen molar-refractivity contribution in [3.05, 3.63) is 64.0 Å². The quantitative estimate of drug-likeness (QED) is 0.641. The molecule has 3 rings (SSSR count). The Kier molecular flexibility index (Phi) is 3.71. The number of nitrogens with zero attached hydrogens (tertiary/aromatic N) is 4. The van der Waals surface area contributed by atoms with Gasteiger partial charge in [0.25, 0.3) is 5.69 Å². The van der Waals surface area contributed by atoms with Gasteiger partial charge in [0.05, 0.1) is 22.6 Å². The van der Waals surface area contributed by atoms with E-state index in [4.69, 9.17) is 5.26 Å². The maximum absolute atomic E-state index is 11.3. The van der Waals surface area contributed by atoms with Crippen LogP contribution in [-0.2, 0) is 0 Å². The summed E-state index contributed by atoms with van der Waals surface area (Å²) in [5.41, 5.74) is 1.90. The Morgan fingerprint density at radius 3 is 2.95 bits per heavy atom. The predicted octanol–water partition coefficient (Wildman–Crippen LogP) is 3.20. The van der Waals surface area contributed by atoms with Gasteiger partial charge in [-0.25, -0.2) is 0 Å². The molecule has 1 unspecified atom stereocenters. The van der Waals surface area contributed by atoms with Crippen LogP contribution in [0.25, 0.3) is 0 Å². The Labute approximate surface area is 127 Å². The van der Waals surface area contributed by atoms with Gasteiger partial charge in [0.1, 0.15) is 5.69 Å². The van der Waals surface area contributed by atoms with Crippen LogP contribution in [0.1, 0.15) is 30.0 Å². The molecular weight excluding hydrogens is 280 g/mol. The third-order valence-electron chi connectivity index (χ3n) is 3.93. The molecule has 0 amide bonds. The minimum Gasteiger partial charge on any atom is -0.359 e. The molecule has 0 spiro atoms. The number of hydrogen-bond acceptors (Lipinski definition) is 5. The summed E-state index contributed by atoms with van der Waals surface area (Å²) in [6.45, 7) is 0.756. The third-order valence-corrected chi connectivity index (χ3v) is 3.93. The van der Waals surface area contributed by atoms with Gasteiger partial charge in [0, 0.05) is 25.0 Å². The molecule has 1 saturated heterocycles. The van der Waals surface area contributed by atoms with E-state index in [0.717, 1.165) is 24.9 Å². The fourth-order valence-corrected chi connectivity index (χ4v) is 2.96. The zero-order chi connectivity index (χ0) is 15.5. The van der Waals surface area contributed by atoms with Crippen LogP contribution in [0.2, 0.25) is 0 Å². The Morgan fingerprint density at radius 2 is 2.27 bits per heavy atom. The van der Waals surface area contributed by atoms with Gasteiger partial charge in [-0.2, -0.15) is 5.26 Å². The Bertz CT molecular complexity index is 740. The summed E-state index contributed by atoms with van der Waals surface area (Å²) < 4.78 is 0. The van der Waals surface area contributed by atoms with E-state index in [1.807, 2.05) is 23.1 Å². The maximum Gasteiger partial charge on any atom is 0.293 e.